The van der Waals surface area contributed by atoms with Crippen LogP contribution in [0.1, 0.15) is 31.7 Å². The van der Waals surface area contributed by atoms with Gasteiger partial charge in [-0.1, -0.05) is 6.07 Å². The van der Waals surface area contributed by atoms with Gasteiger partial charge < -0.3 is 9.64 Å². The second kappa shape index (κ2) is 7.84. The van der Waals surface area contributed by atoms with Crippen LogP contribution in [0.3, 0.4) is 0 Å². The van der Waals surface area contributed by atoms with E-state index in [4.69, 9.17) is 9.72 Å². The number of rotatable bonds is 3. The van der Waals surface area contributed by atoms with Gasteiger partial charge in [0, 0.05) is 38.5 Å². The average Bonchev–Trinajstić information content (AvgIpc) is 3.58. The molecule has 0 N–H and O–H groups in total. The zero-order valence-electron chi connectivity index (χ0n) is 18.6. The highest BCUT2D eigenvalue weighted by Crippen LogP contribution is 2.29. The van der Waals surface area contributed by atoms with Crippen molar-refractivity contribution in [3.05, 3.63) is 53.2 Å². The van der Waals surface area contributed by atoms with Crippen LogP contribution in [0, 0.1) is 0 Å². The minimum atomic E-state index is -0.340. The van der Waals surface area contributed by atoms with E-state index < -0.39 is 0 Å². The molecule has 0 radical (unpaired) electrons. The van der Waals surface area contributed by atoms with Gasteiger partial charge in [-0.15, -0.1) is 0 Å². The van der Waals surface area contributed by atoms with Gasteiger partial charge in [0.2, 0.25) is 0 Å². The lowest BCUT2D eigenvalue weighted by molar-refractivity contribution is -0.142. The quantitative estimate of drug-likeness (QED) is 0.482. The molecule has 1 amide bonds. The SMILES string of the molecule is Cn1c(=O)n([C@H]2CCCN(C(=O)[C@@H]3CCCO3)C2)c2nc(-c3cnn4ccccc34)ccc21. The van der Waals surface area contributed by atoms with Gasteiger partial charge in [0.1, 0.15) is 6.10 Å². The fourth-order valence-electron chi connectivity index (χ4n) is 5.19. The number of carbonyl (C=O) groups excluding carboxylic acids is 1. The predicted molar refractivity (Wildman–Crippen MR) is 123 cm³/mol. The third-order valence-corrected chi connectivity index (χ3v) is 6.92. The Morgan fingerprint density at radius 3 is 2.88 bits per heavy atom. The van der Waals surface area contributed by atoms with E-state index in [1.54, 1.807) is 22.4 Å². The van der Waals surface area contributed by atoms with Crippen LogP contribution in [0.5, 0.6) is 0 Å². The monoisotopic (exact) mass is 446 g/mol. The first-order valence-corrected chi connectivity index (χ1v) is 11.5. The molecule has 2 atom stereocenters. The zero-order valence-corrected chi connectivity index (χ0v) is 18.6. The molecule has 2 aliphatic heterocycles. The first kappa shape index (κ1) is 20.2. The van der Waals surface area contributed by atoms with E-state index in [1.807, 2.05) is 45.9 Å². The fraction of sp³-hybridized carbons (Fsp3) is 0.417. The number of amides is 1. The number of ether oxygens (including phenoxy) is 1. The summed E-state index contributed by atoms with van der Waals surface area (Å²) in [7, 11) is 1.77. The summed E-state index contributed by atoms with van der Waals surface area (Å²) in [6.07, 6.45) is 6.74. The molecule has 0 spiro atoms. The molecule has 6 heterocycles. The van der Waals surface area contributed by atoms with Crippen molar-refractivity contribution in [3.8, 4) is 11.3 Å². The molecule has 4 aromatic heterocycles. The van der Waals surface area contributed by atoms with Crippen LogP contribution in [0.4, 0.5) is 0 Å². The lowest BCUT2D eigenvalue weighted by Crippen LogP contribution is -2.46. The van der Waals surface area contributed by atoms with Gasteiger partial charge in [0.15, 0.2) is 5.65 Å². The second-order valence-electron chi connectivity index (χ2n) is 8.92. The summed E-state index contributed by atoms with van der Waals surface area (Å²) in [5.74, 6) is 0.0467. The largest absolute Gasteiger partial charge is 0.368 e. The molecule has 6 rings (SSSR count). The maximum absolute atomic E-state index is 13.3. The number of aromatic nitrogens is 5. The smallest absolute Gasteiger partial charge is 0.330 e. The Morgan fingerprint density at radius 2 is 2.03 bits per heavy atom. The van der Waals surface area contributed by atoms with Crippen molar-refractivity contribution in [3.63, 3.8) is 0 Å². The minimum absolute atomic E-state index is 0.0467. The van der Waals surface area contributed by atoms with Crippen molar-refractivity contribution in [1.29, 1.82) is 0 Å². The number of piperidine rings is 1. The van der Waals surface area contributed by atoms with Gasteiger partial charge in [-0.05, 0) is 49.9 Å². The molecule has 0 saturated carbocycles. The Hall–Kier alpha value is -3.46. The molecule has 0 bridgehead atoms. The van der Waals surface area contributed by atoms with E-state index in [0.29, 0.717) is 25.3 Å². The van der Waals surface area contributed by atoms with Crippen LogP contribution in [0.25, 0.3) is 27.9 Å². The fourth-order valence-corrected chi connectivity index (χ4v) is 5.19. The minimum Gasteiger partial charge on any atom is -0.368 e. The Morgan fingerprint density at radius 1 is 1.12 bits per heavy atom. The third kappa shape index (κ3) is 3.26. The summed E-state index contributed by atoms with van der Waals surface area (Å²) >= 11 is 0. The summed E-state index contributed by atoms with van der Waals surface area (Å²) in [6, 6.07) is 9.67. The molecule has 2 aliphatic rings. The number of likely N-dealkylation sites (tertiary alicyclic amines) is 1. The van der Waals surface area contributed by atoms with Gasteiger partial charge >= 0.3 is 5.69 Å². The molecule has 0 aliphatic carbocycles. The van der Waals surface area contributed by atoms with Crippen molar-refractivity contribution in [2.75, 3.05) is 19.7 Å². The highest BCUT2D eigenvalue weighted by Gasteiger charge is 2.33. The van der Waals surface area contributed by atoms with E-state index in [9.17, 15) is 9.59 Å². The number of hydrogen-bond donors (Lipinski definition) is 0. The Kier molecular flexibility index (Phi) is 4.79. The lowest BCUT2D eigenvalue weighted by Gasteiger charge is -2.34. The van der Waals surface area contributed by atoms with Crippen LogP contribution < -0.4 is 5.69 Å². The predicted octanol–water partition coefficient (Wildman–Crippen LogP) is 2.39. The molecule has 2 saturated heterocycles. The summed E-state index contributed by atoms with van der Waals surface area (Å²) in [4.78, 5) is 33.0. The Labute approximate surface area is 190 Å². The van der Waals surface area contributed by atoms with Crippen molar-refractivity contribution >= 4 is 22.6 Å². The molecule has 0 unspecified atom stereocenters. The Bertz CT molecular complexity index is 1410. The maximum Gasteiger partial charge on any atom is 0.330 e. The van der Waals surface area contributed by atoms with Gasteiger partial charge in [-0.2, -0.15) is 5.10 Å². The molecule has 2 fully saturated rings. The van der Waals surface area contributed by atoms with Gasteiger partial charge in [-0.25, -0.2) is 14.3 Å². The van der Waals surface area contributed by atoms with Crippen LogP contribution >= 0.6 is 0 Å². The Balaban J connectivity index is 1.40. The number of fused-ring (bicyclic) bond motifs is 2. The molecule has 4 aromatic rings. The van der Waals surface area contributed by atoms with Crippen molar-refractivity contribution in [2.45, 2.75) is 37.8 Å². The third-order valence-electron chi connectivity index (χ3n) is 6.92. The number of pyridine rings is 2. The molecular weight excluding hydrogens is 420 g/mol. The molecular formula is C24H26N6O3. The molecule has 0 aromatic carbocycles. The van der Waals surface area contributed by atoms with E-state index in [1.165, 1.54) is 0 Å². The van der Waals surface area contributed by atoms with Crippen molar-refractivity contribution in [1.82, 2.24) is 28.6 Å². The highest BCUT2D eigenvalue weighted by molar-refractivity contribution is 5.83. The maximum atomic E-state index is 13.3. The number of aryl methyl sites for hydroxylation is 1. The molecule has 170 valence electrons. The lowest BCUT2D eigenvalue weighted by atomic mass is 10.0. The van der Waals surface area contributed by atoms with Gasteiger partial charge in [0.25, 0.3) is 5.91 Å². The number of imidazole rings is 1. The number of carbonyl (C=O) groups is 1. The summed E-state index contributed by atoms with van der Waals surface area (Å²) in [5.41, 5.74) is 3.96. The van der Waals surface area contributed by atoms with Gasteiger partial charge in [0.05, 0.1) is 29.0 Å². The number of hydrogen-bond acceptors (Lipinski definition) is 5. The molecule has 33 heavy (non-hydrogen) atoms. The van der Waals surface area contributed by atoms with Crippen LogP contribution in [-0.2, 0) is 16.6 Å². The second-order valence-corrected chi connectivity index (χ2v) is 8.92. The van der Waals surface area contributed by atoms with E-state index in [-0.39, 0.29) is 23.7 Å². The average molecular weight is 447 g/mol. The van der Waals surface area contributed by atoms with Crippen LogP contribution in [0.2, 0.25) is 0 Å². The van der Waals surface area contributed by atoms with Gasteiger partial charge in [-0.3, -0.25) is 13.9 Å². The van der Waals surface area contributed by atoms with Crippen LogP contribution in [0.15, 0.2) is 47.5 Å². The summed E-state index contributed by atoms with van der Waals surface area (Å²) in [5, 5.41) is 4.42. The van der Waals surface area contributed by atoms with E-state index >= 15 is 0 Å². The van der Waals surface area contributed by atoms with Crippen LogP contribution in [-0.4, -0.2) is 60.3 Å². The first-order chi connectivity index (χ1) is 16.1. The zero-order chi connectivity index (χ0) is 22.5. The van der Waals surface area contributed by atoms with E-state index in [2.05, 4.69) is 5.10 Å². The van der Waals surface area contributed by atoms with Crippen molar-refractivity contribution in [2.24, 2.45) is 7.05 Å². The molecule has 9 nitrogen and oxygen atoms in total. The molecule has 9 heteroatoms. The summed E-state index contributed by atoms with van der Waals surface area (Å²) < 4.78 is 10.8. The topological polar surface area (TPSA) is 86.7 Å². The number of nitrogens with zero attached hydrogens (tertiary/aromatic N) is 6. The highest BCUT2D eigenvalue weighted by atomic mass is 16.5. The van der Waals surface area contributed by atoms with E-state index in [0.717, 1.165) is 48.0 Å². The summed E-state index contributed by atoms with van der Waals surface area (Å²) in [6.45, 7) is 1.85. The standard InChI is InChI=1S/C24H26N6O3/c1-27-20-10-9-18(17-14-25-29-12-3-2-7-19(17)29)26-22(20)30(24(27)32)16-6-4-11-28(15-16)23(31)21-8-5-13-33-21/h2-3,7,9-10,12,14,16,21H,4-6,8,11,13,15H2,1H3/t16-,21-/m0/s1. The normalized spacial score (nSPS) is 21.3. The first-order valence-electron chi connectivity index (χ1n) is 11.5. The van der Waals surface area contributed by atoms with Crippen molar-refractivity contribution < 1.29 is 9.53 Å².